The highest BCUT2D eigenvalue weighted by atomic mass is 32.2. The van der Waals surface area contributed by atoms with Gasteiger partial charge in [0.2, 0.25) is 10.0 Å². The number of nitrogens with zero attached hydrogens (tertiary/aromatic N) is 1. The lowest BCUT2D eigenvalue weighted by atomic mass is 10.1. The summed E-state index contributed by atoms with van der Waals surface area (Å²) in [6.45, 7) is 0.808. The van der Waals surface area contributed by atoms with Gasteiger partial charge in [0.15, 0.2) is 0 Å². The van der Waals surface area contributed by atoms with E-state index in [1.807, 2.05) is 0 Å². The van der Waals surface area contributed by atoms with E-state index in [1.54, 1.807) is 0 Å². The molecule has 0 amide bonds. The largest absolute Gasteiger partial charge is 0.465 e. The van der Waals surface area contributed by atoms with Gasteiger partial charge in [-0.15, -0.1) is 0 Å². The fourth-order valence-electron chi connectivity index (χ4n) is 2.54. The number of esters is 1. The van der Waals surface area contributed by atoms with Crippen molar-refractivity contribution in [2.75, 3.05) is 20.2 Å². The number of carbonyl (C=O) groups is 1. The Morgan fingerprint density at radius 1 is 1.33 bits per heavy atom. The number of carbonyl (C=O) groups excluding carboxylic acids is 1. The van der Waals surface area contributed by atoms with Gasteiger partial charge in [0, 0.05) is 19.1 Å². The third-order valence-electron chi connectivity index (χ3n) is 3.73. The van der Waals surface area contributed by atoms with Crippen molar-refractivity contribution < 1.29 is 17.9 Å². The van der Waals surface area contributed by atoms with Crippen LogP contribution in [0.4, 0.5) is 0 Å². The second-order valence-electron chi connectivity index (χ2n) is 5.02. The zero-order valence-corrected chi connectivity index (χ0v) is 12.8. The number of hydrogen-bond donors (Lipinski definition) is 1. The lowest BCUT2D eigenvalue weighted by Gasteiger charge is -2.33. The van der Waals surface area contributed by atoms with Crippen LogP contribution < -0.4 is 5.73 Å². The molecule has 21 heavy (non-hydrogen) atoms. The van der Waals surface area contributed by atoms with Gasteiger partial charge in [0.05, 0.1) is 17.6 Å². The number of ether oxygens (including phenoxy) is 1. The molecule has 1 aliphatic rings. The third kappa shape index (κ3) is 3.25. The van der Waals surface area contributed by atoms with Gasteiger partial charge < -0.3 is 10.5 Å². The predicted molar refractivity (Wildman–Crippen MR) is 78.4 cm³/mol. The summed E-state index contributed by atoms with van der Waals surface area (Å²) in [5.74, 6) is -0.489. The smallest absolute Gasteiger partial charge is 0.337 e. The van der Waals surface area contributed by atoms with Crippen LogP contribution in [0.1, 0.15) is 29.6 Å². The summed E-state index contributed by atoms with van der Waals surface area (Å²) >= 11 is 0. The maximum absolute atomic E-state index is 12.7. The minimum atomic E-state index is -3.57. The molecule has 1 saturated heterocycles. The van der Waals surface area contributed by atoms with E-state index in [2.05, 4.69) is 4.74 Å². The van der Waals surface area contributed by atoms with Crippen LogP contribution in [0.25, 0.3) is 0 Å². The Balaban J connectivity index is 2.28. The fourth-order valence-corrected chi connectivity index (χ4v) is 4.25. The molecule has 2 rings (SSSR count). The molecule has 0 aliphatic carbocycles. The number of hydrogen-bond acceptors (Lipinski definition) is 5. The molecule has 1 fully saturated rings. The van der Waals surface area contributed by atoms with Gasteiger partial charge in [-0.05, 0) is 37.1 Å². The molecule has 0 aromatic heterocycles. The van der Waals surface area contributed by atoms with E-state index < -0.39 is 16.0 Å². The van der Waals surface area contributed by atoms with Crippen LogP contribution >= 0.6 is 0 Å². The van der Waals surface area contributed by atoms with Crippen molar-refractivity contribution in [2.45, 2.75) is 30.2 Å². The first-order chi connectivity index (χ1) is 10.0. The molecule has 0 bridgehead atoms. The van der Waals surface area contributed by atoms with Gasteiger partial charge in [-0.25, -0.2) is 13.2 Å². The maximum atomic E-state index is 12.7. The highest BCUT2D eigenvalue weighted by Crippen LogP contribution is 2.25. The summed E-state index contributed by atoms with van der Waals surface area (Å²) in [6, 6.07) is 5.64. The molecule has 6 nitrogen and oxygen atoms in total. The molecular formula is C14H20N2O4S. The van der Waals surface area contributed by atoms with Gasteiger partial charge in [-0.1, -0.05) is 6.42 Å². The van der Waals surface area contributed by atoms with E-state index in [4.69, 9.17) is 5.73 Å². The average molecular weight is 312 g/mol. The Morgan fingerprint density at radius 3 is 2.57 bits per heavy atom. The van der Waals surface area contributed by atoms with Crippen molar-refractivity contribution in [3.8, 4) is 0 Å². The van der Waals surface area contributed by atoms with Crippen molar-refractivity contribution in [2.24, 2.45) is 5.73 Å². The SMILES string of the molecule is COC(=O)c1ccc(S(=O)(=O)N2CCCCC2CN)cc1. The first kappa shape index (κ1) is 15.9. The van der Waals surface area contributed by atoms with E-state index >= 15 is 0 Å². The Morgan fingerprint density at radius 2 is 2.00 bits per heavy atom. The monoisotopic (exact) mass is 312 g/mol. The van der Waals surface area contributed by atoms with Crippen LogP contribution in [-0.2, 0) is 14.8 Å². The zero-order chi connectivity index (χ0) is 15.5. The molecule has 1 unspecified atom stereocenters. The van der Waals surface area contributed by atoms with Crippen molar-refractivity contribution in [1.82, 2.24) is 4.31 Å². The standard InChI is InChI=1S/C14H20N2O4S/c1-20-14(17)11-5-7-13(8-6-11)21(18,19)16-9-3-2-4-12(16)10-15/h5-8,12H,2-4,9-10,15H2,1H3. The van der Waals surface area contributed by atoms with Gasteiger partial charge in [-0.2, -0.15) is 4.31 Å². The first-order valence-corrected chi connectivity index (χ1v) is 8.35. The second kappa shape index (κ2) is 6.55. The first-order valence-electron chi connectivity index (χ1n) is 6.91. The highest BCUT2D eigenvalue weighted by molar-refractivity contribution is 7.89. The molecule has 116 valence electrons. The summed E-state index contributed by atoms with van der Waals surface area (Å²) in [5.41, 5.74) is 6.01. The van der Waals surface area contributed by atoms with Crippen LogP contribution in [0, 0.1) is 0 Å². The Hall–Kier alpha value is -1.44. The highest BCUT2D eigenvalue weighted by Gasteiger charge is 2.32. The van der Waals surface area contributed by atoms with Gasteiger partial charge >= 0.3 is 5.97 Å². The molecule has 2 N–H and O–H groups in total. The summed E-state index contributed by atoms with van der Waals surface area (Å²) in [4.78, 5) is 11.6. The molecular weight excluding hydrogens is 292 g/mol. The predicted octanol–water partition coefficient (Wildman–Crippen LogP) is 0.975. The number of sulfonamides is 1. The molecule has 0 spiro atoms. The summed E-state index contributed by atoms with van der Waals surface area (Å²) in [6.07, 6.45) is 2.63. The molecule has 1 aromatic rings. The van der Waals surface area contributed by atoms with Crippen LogP contribution in [0.3, 0.4) is 0 Å². The fraction of sp³-hybridized carbons (Fsp3) is 0.500. The quantitative estimate of drug-likeness (QED) is 0.837. The van der Waals surface area contributed by atoms with Crippen LogP contribution in [-0.4, -0.2) is 44.9 Å². The van der Waals surface area contributed by atoms with Crippen LogP contribution in [0.15, 0.2) is 29.2 Å². The Kier molecular flexibility index (Phi) is 4.97. The lowest BCUT2D eigenvalue weighted by Crippen LogP contribution is -2.47. The number of piperidine rings is 1. The normalized spacial score (nSPS) is 20.2. The van der Waals surface area contributed by atoms with E-state index in [0.29, 0.717) is 18.7 Å². The zero-order valence-electron chi connectivity index (χ0n) is 12.0. The molecule has 1 aliphatic heterocycles. The molecule has 1 heterocycles. The number of rotatable bonds is 4. The van der Waals surface area contributed by atoms with Gasteiger partial charge in [-0.3, -0.25) is 0 Å². The molecule has 7 heteroatoms. The summed E-state index contributed by atoms with van der Waals surface area (Å²) < 4.78 is 31.4. The van der Waals surface area contributed by atoms with Crippen molar-refractivity contribution in [3.05, 3.63) is 29.8 Å². The van der Waals surface area contributed by atoms with Crippen molar-refractivity contribution in [3.63, 3.8) is 0 Å². The summed E-state index contributed by atoms with van der Waals surface area (Å²) in [7, 11) is -2.29. The van der Waals surface area contributed by atoms with E-state index in [0.717, 1.165) is 19.3 Å². The van der Waals surface area contributed by atoms with E-state index in [-0.39, 0.29) is 10.9 Å². The minimum absolute atomic E-state index is 0.149. The van der Waals surface area contributed by atoms with Crippen molar-refractivity contribution >= 4 is 16.0 Å². The molecule has 0 radical (unpaired) electrons. The maximum Gasteiger partial charge on any atom is 0.337 e. The summed E-state index contributed by atoms with van der Waals surface area (Å²) in [5, 5.41) is 0. The van der Waals surface area contributed by atoms with Gasteiger partial charge in [0.1, 0.15) is 0 Å². The number of benzene rings is 1. The third-order valence-corrected chi connectivity index (χ3v) is 5.69. The molecule has 1 aromatic carbocycles. The van der Waals surface area contributed by atoms with E-state index in [9.17, 15) is 13.2 Å². The van der Waals surface area contributed by atoms with Crippen LogP contribution in [0.2, 0.25) is 0 Å². The molecule has 1 atom stereocenters. The Labute approximate surface area is 124 Å². The number of nitrogens with two attached hydrogens (primary N) is 1. The average Bonchev–Trinajstić information content (AvgIpc) is 2.54. The topological polar surface area (TPSA) is 89.7 Å². The van der Waals surface area contributed by atoms with E-state index in [1.165, 1.54) is 35.7 Å². The molecule has 0 saturated carbocycles. The lowest BCUT2D eigenvalue weighted by molar-refractivity contribution is 0.0600. The number of methoxy groups -OCH3 is 1. The second-order valence-corrected chi connectivity index (χ2v) is 6.91. The van der Waals surface area contributed by atoms with Gasteiger partial charge in [0.25, 0.3) is 0 Å². The van der Waals surface area contributed by atoms with Crippen LogP contribution in [0.5, 0.6) is 0 Å². The van der Waals surface area contributed by atoms with Crippen molar-refractivity contribution in [1.29, 1.82) is 0 Å². The minimum Gasteiger partial charge on any atom is -0.465 e. The Bertz CT molecular complexity index is 598.